The lowest BCUT2D eigenvalue weighted by atomic mass is 10.1. The van der Waals surface area contributed by atoms with Gasteiger partial charge in [0.15, 0.2) is 11.1 Å². The van der Waals surface area contributed by atoms with Gasteiger partial charge in [0.1, 0.15) is 0 Å². The van der Waals surface area contributed by atoms with E-state index < -0.39 is 63.6 Å². The SMILES string of the molecule is O=S(O)CCC(CO)OB(OC1CCS(=O)(=O)OC1)OC1CCS(=O)(=O)OC1. The average Bonchev–Trinajstić information content (AvgIpc) is 2.61. The van der Waals surface area contributed by atoms with Gasteiger partial charge in [-0.05, 0) is 19.3 Å². The second-order valence-corrected chi connectivity index (χ2v) is 10.8. The summed E-state index contributed by atoms with van der Waals surface area (Å²) in [6.45, 7) is -0.970. The molecule has 0 spiro atoms. The van der Waals surface area contributed by atoms with E-state index in [2.05, 4.69) is 0 Å². The molecule has 2 aliphatic heterocycles. The summed E-state index contributed by atoms with van der Waals surface area (Å²) in [5.74, 6) is -0.641. The molecule has 4 atom stereocenters. The number of hydrogen-bond donors (Lipinski definition) is 2. The van der Waals surface area contributed by atoms with Crippen molar-refractivity contribution >= 4 is 38.6 Å². The monoisotopic (exact) mass is 466 g/mol. The van der Waals surface area contributed by atoms with Gasteiger partial charge in [-0.1, -0.05) is 0 Å². The van der Waals surface area contributed by atoms with Crippen LogP contribution in [0.1, 0.15) is 19.3 Å². The minimum Gasteiger partial charge on any atom is -0.394 e. The highest BCUT2D eigenvalue weighted by Gasteiger charge is 2.37. The molecular formula is C12H23BO12S3. The van der Waals surface area contributed by atoms with E-state index in [1.165, 1.54) is 0 Å². The lowest BCUT2D eigenvalue weighted by Gasteiger charge is -2.30. The molecule has 16 heteroatoms. The summed E-state index contributed by atoms with van der Waals surface area (Å²) in [4.78, 5) is 0. The molecule has 2 aliphatic rings. The predicted molar refractivity (Wildman–Crippen MR) is 96.4 cm³/mol. The zero-order chi connectivity index (χ0) is 20.8. The molecule has 0 saturated carbocycles. The maximum atomic E-state index is 11.3. The van der Waals surface area contributed by atoms with Gasteiger partial charge >= 0.3 is 7.32 Å². The third kappa shape index (κ3) is 8.68. The topological polar surface area (TPSA) is 172 Å². The van der Waals surface area contributed by atoms with Crippen LogP contribution in [0, 0.1) is 0 Å². The smallest absolute Gasteiger partial charge is 0.394 e. The van der Waals surface area contributed by atoms with Crippen LogP contribution >= 0.6 is 0 Å². The Morgan fingerprint density at radius 2 is 1.54 bits per heavy atom. The molecule has 0 aromatic heterocycles. The van der Waals surface area contributed by atoms with Crippen molar-refractivity contribution in [3.63, 3.8) is 0 Å². The molecule has 0 radical (unpaired) electrons. The van der Waals surface area contributed by atoms with Gasteiger partial charge in [0.05, 0.1) is 55.4 Å². The standard InChI is InChI=1S/C12H23BO12S3/c14-7-10(1-4-26(15)16)23-13(24-11-2-5-27(17,18)21-8-11)25-12-3-6-28(19,20)22-9-12/h10-12,14H,1-9H2,(H,15,16). The van der Waals surface area contributed by atoms with E-state index in [-0.39, 0.29) is 49.7 Å². The molecule has 2 fully saturated rings. The van der Waals surface area contributed by atoms with Crippen molar-refractivity contribution < 1.29 is 53.0 Å². The summed E-state index contributed by atoms with van der Waals surface area (Å²) in [5.41, 5.74) is 0. The highest BCUT2D eigenvalue weighted by molar-refractivity contribution is 7.87. The third-order valence-electron chi connectivity index (χ3n) is 3.98. The van der Waals surface area contributed by atoms with Gasteiger partial charge in [-0.15, -0.1) is 0 Å². The zero-order valence-electron chi connectivity index (χ0n) is 14.9. The van der Waals surface area contributed by atoms with Gasteiger partial charge < -0.3 is 23.6 Å². The van der Waals surface area contributed by atoms with Crippen LogP contribution in [0.5, 0.6) is 0 Å². The Labute approximate surface area is 166 Å². The Morgan fingerprint density at radius 3 is 1.89 bits per heavy atom. The summed E-state index contributed by atoms with van der Waals surface area (Å²) >= 11 is -2.08. The van der Waals surface area contributed by atoms with Crippen molar-refractivity contribution in [1.82, 2.24) is 0 Å². The van der Waals surface area contributed by atoms with Crippen LogP contribution in [0.3, 0.4) is 0 Å². The second kappa shape index (κ2) is 10.7. The molecule has 2 saturated heterocycles. The first-order chi connectivity index (χ1) is 13.1. The molecule has 0 bridgehead atoms. The van der Waals surface area contributed by atoms with Gasteiger partial charge in [0.25, 0.3) is 20.2 Å². The first-order valence-electron chi connectivity index (χ1n) is 8.47. The number of aliphatic hydroxyl groups excluding tert-OH is 1. The highest BCUT2D eigenvalue weighted by Crippen LogP contribution is 2.19. The van der Waals surface area contributed by atoms with Gasteiger partial charge in [-0.25, -0.2) is 4.21 Å². The van der Waals surface area contributed by atoms with Crippen LogP contribution in [0.4, 0.5) is 0 Å². The lowest BCUT2D eigenvalue weighted by Crippen LogP contribution is -2.45. The fourth-order valence-corrected chi connectivity index (χ4v) is 4.93. The van der Waals surface area contributed by atoms with Crippen LogP contribution in [0.2, 0.25) is 0 Å². The minimum absolute atomic E-state index is 0.0356. The Kier molecular flexibility index (Phi) is 9.25. The van der Waals surface area contributed by atoms with Gasteiger partial charge in [0.2, 0.25) is 0 Å². The highest BCUT2D eigenvalue weighted by atomic mass is 32.2. The van der Waals surface area contributed by atoms with Crippen molar-refractivity contribution in [3.8, 4) is 0 Å². The van der Waals surface area contributed by atoms with Crippen molar-refractivity contribution in [2.45, 2.75) is 37.6 Å². The van der Waals surface area contributed by atoms with E-state index in [0.717, 1.165) is 0 Å². The summed E-state index contributed by atoms with van der Waals surface area (Å²) in [5, 5.41) is 9.41. The molecule has 0 amide bonds. The van der Waals surface area contributed by atoms with Crippen LogP contribution in [0.15, 0.2) is 0 Å². The Hall–Kier alpha value is -0.165. The first-order valence-corrected chi connectivity index (χ1v) is 12.9. The molecular weight excluding hydrogens is 443 g/mol. The third-order valence-corrected chi connectivity index (χ3v) is 7.02. The van der Waals surface area contributed by atoms with E-state index in [1.54, 1.807) is 0 Å². The zero-order valence-corrected chi connectivity index (χ0v) is 17.3. The molecule has 0 aromatic carbocycles. The quantitative estimate of drug-likeness (QED) is 0.211. The number of aliphatic hydroxyl groups is 1. The fraction of sp³-hybridized carbons (Fsp3) is 1.00. The molecule has 2 N–H and O–H groups in total. The molecule has 164 valence electrons. The minimum atomic E-state index is -3.59. The fourth-order valence-electron chi connectivity index (χ4n) is 2.41. The Balaban J connectivity index is 1.96. The van der Waals surface area contributed by atoms with Crippen molar-refractivity contribution in [2.75, 3.05) is 37.1 Å². The molecule has 2 heterocycles. The van der Waals surface area contributed by atoms with E-state index >= 15 is 0 Å². The van der Waals surface area contributed by atoms with Crippen molar-refractivity contribution in [2.24, 2.45) is 0 Å². The van der Waals surface area contributed by atoms with Gasteiger partial charge in [-0.2, -0.15) is 16.8 Å². The van der Waals surface area contributed by atoms with Crippen molar-refractivity contribution in [3.05, 3.63) is 0 Å². The molecule has 28 heavy (non-hydrogen) atoms. The largest absolute Gasteiger partial charge is 0.640 e. The van der Waals surface area contributed by atoms with E-state index in [4.69, 9.17) is 26.9 Å². The molecule has 4 unspecified atom stereocenters. The molecule has 0 aliphatic carbocycles. The Morgan fingerprint density at radius 1 is 1.04 bits per heavy atom. The summed E-state index contributed by atoms with van der Waals surface area (Å²) < 4.78 is 91.2. The molecule has 2 rings (SSSR count). The molecule has 0 aromatic rings. The first kappa shape index (κ1) is 24.1. The maximum absolute atomic E-state index is 11.3. The average molecular weight is 466 g/mol. The second-order valence-electron chi connectivity index (χ2n) is 6.23. The van der Waals surface area contributed by atoms with Crippen LogP contribution in [-0.4, -0.2) is 93.4 Å². The van der Waals surface area contributed by atoms with Crippen LogP contribution in [0.25, 0.3) is 0 Å². The predicted octanol–water partition coefficient (Wildman–Crippen LogP) is -1.77. The van der Waals surface area contributed by atoms with Crippen molar-refractivity contribution in [1.29, 1.82) is 0 Å². The van der Waals surface area contributed by atoms with Gasteiger partial charge in [0, 0.05) is 0 Å². The van der Waals surface area contributed by atoms with E-state index in [0.29, 0.717) is 0 Å². The number of hydrogen-bond acceptors (Lipinski definition) is 11. The lowest BCUT2D eigenvalue weighted by molar-refractivity contribution is -0.0290. The summed E-state index contributed by atoms with van der Waals surface area (Å²) in [6.07, 6.45) is -1.94. The Bertz CT molecular complexity index is 650. The summed E-state index contributed by atoms with van der Waals surface area (Å²) in [6, 6.07) is 0. The van der Waals surface area contributed by atoms with E-state index in [1.807, 2.05) is 0 Å². The number of rotatable bonds is 10. The van der Waals surface area contributed by atoms with E-state index in [9.17, 15) is 26.2 Å². The van der Waals surface area contributed by atoms with Crippen LogP contribution in [-0.2, 0) is 53.6 Å². The van der Waals surface area contributed by atoms with Gasteiger partial charge in [-0.3, -0.25) is 8.37 Å². The van der Waals surface area contributed by atoms with Crippen LogP contribution < -0.4 is 0 Å². The normalized spacial score (nSPS) is 29.1. The molecule has 12 nitrogen and oxygen atoms in total. The maximum Gasteiger partial charge on any atom is 0.640 e. The summed E-state index contributed by atoms with van der Waals surface area (Å²) in [7, 11) is -8.56.